The Morgan fingerprint density at radius 2 is 1.94 bits per heavy atom. The number of nitrogens with zero attached hydrogens (tertiary/aromatic N) is 2. The molecule has 0 aliphatic rings. The van der Waals surface area contributed by atoms with Crippen molar-refractivity contribution in [2.45, 2.75) is 0 Å². The summed E-state index contributed by atoms with van der Waals surface area (Å²) < 4.78 is 0. The van der Waals surface area contributed by atoms with E-state index in [-0.39, 0.29) is 26.9 Å². The molecular weight excluding hydrogens is 277 g/mol. The second kappa shape index (κ2) is 5.92. The molecule has 0 atom stereocenters. The van der Waals surface area contributed by atoms with Crippen LogP contribution in [0.1, 0.15) is 10.4 Å². The molecule has 0 aliphatic heterocycles. The molecule has 1 aromatic rings. The van der Waals surface area contributed by atoms with Gasteiger partial charge in [0.2, 0.25) is 0 Å². The van der Waals surface area contributed by atoms with Gasteiger partial charge in [-0.1, -0.05) is 23.2 Å². The summed E-state index contributed by atoms with van der Waals surface area (Å²) >= 11 is 11.5. The van der Waals surface area contributed by atoms with Crippen molar-refractivity contribution < 1.29 is 9.90 Å². The molecule has 1 rings (SSSR count). The molecule has 0 radical (unpaired) electrons. The van der Waals surface area contributed by atoms with Gasteiger partial charge in [0.25, 0.3) is 0 Å². The minimum absolute atomic E-state index is 0.0663. The summed E-state index contributed by atoms with van der Waals surface area (Å²) in [5.41, 5.74) is -0.298. The van der Waals surface area contributed by atoms with Crippen LogP contribution in [0.15, 0.2) is 23.9 Å². The smallest absolute Gasteiger partial charge is 0.337 e. The highest BCUT2D eigenvalue weighted by Gasteiger charge is 2.14. The summed E-state index contributed by atoms with van der Waals surface area (Å²) in [4.78, 5) is 11.0. The highest BCUT2D eigenvalue weighted by atomic mass is 35.5. The molecule has 0 heterocycles. The van der Waals surface area contributed by atoms with Crippen LogP contribution in [0.2, 0.25) is 10.0 Å². The monoisotopic (exact) mass is 281 g/mol. The van der Waals surface area contributed by atoms with E-state index in [0.29, 0.717) is 0 Å². The summed E-state index contributed by atoms with van der Waals surface area (Å²) in [6, 6.07) is 5.81. The van der Waals surface area contributed by atoms with Crippen molar-refractivity contribution >= 4 is 34.9 Å². The molecule has 90 valence electrons. The molecule has 5 nitrogen and oxygen atoms in total. The van der Waals surface area contributed by atoms with E-state index in [4.69, 9.17) is 38.8 Å². The number of carboxylic acids is 1. The second-order valence-corrected chi connectivity index (χ2v) is 3.88. The summed E-state index contributed by atoms with van der Waals surface area (Å²) in [7, 11) is 0. The summed E-state index contributed by atoms with van der Waals surface area (Å²) in [5, 5.41) is 28.8. The van der Waals surface area contributed by atoms with Crippen molar-refractivity contribution in [3.05, 3.63) is 39.5 Å². The zero-order chi connectivity index (χ0) is 13.7. The first-order valence-corrected chi connectivity index (χ1v) is 5.24. The van der Waals surface area contributed by atoms with Gasteiger partial charge in [0.05, 0.1) is 16.3 Å². The van der Waals surface area contributed by atoms with Gasteiger partial charge in [-0.25, -0.2) is 4.79 Å². The van der Waals surface area contributed by atoms with Gasteiger partial charge in [0.1, 0.15) is 17.7 Å². The lowest BCUT2D eigenvalue weighted by Crippen LogP contribution is -2.03. The Morgan fingerprint density at radius 3 is 2.44 bits per heavy atom. The third-order valence-electron chi connectivity index (χ3n) is 1.89. The summed E-state index contributed by atoms with van der Waals surface area (Å²) in [6.45, 7) is 0. The van der Waals surface area contributed by atoms with Crippen molar-refractivity contribution in [1.29, 1.82) is 10.5 Å². The number of carbonyl (C=O) groups is 1. The Hall–Kier alpha value is -2.21. The number of benzene rings is 1. The van der Waals surface area contributed by atoms with E-state index >= 15 is 0 Å². The first kappa shape index (κ1) is 13.9. The van der Waals surface area contributed by atoms with Gasteiger partial charge >= 0.3 is 5.97 Å². The van der Waals surface area contributed by atoms with Crippen LogP contribution in [-0.4, -0.2) is 11.1 Å². The number of aromatic carboxylic acids is 1. The SMILES string of the molecule is N#CC(C#N)=CNc1c(Cl)cc(Cl)cc1C(=O)O. The van der Waals surface area contributed by atoms with Crippen LogP contribution >= 0.6 is 23.2 Å². The number of nitriles is 2. The molecule has 0 saturated heterocycles. The molecule has 0 aromatic heterocycles. The van der Waals surface area contributed by atoms with E-state index in [2.05, 4.69) is 5.32 Å². The van der Waals surface area contributed by atoms with Gasteiger partial charge in [0, 0.05) is 11.2 Å². The molecule has 2 N–H and O–H groups in total. The Morgan fingerprint density at radius 1 is 1.33 bits per heavy atom. The van der Waals surface area contributed by atoms with Crippen LogP contribution in [0.5, 0.6) is 0 Å². The second-order valence-electron chi connectivity index (χ2n) is 3.04. The zero-order valence-corrected chi connectivity index (χ0v) is 10.2. The van der Waals surface area contributed by atoms with E-state index in [1.807, 2.05) is 0 Å². The molecule has 0 amide bonds. The number of hydrogen-bond acceptors (Lipinski definition) is 4. The fourth-order valence-electron chi connectivity index (χ4n) is 1.12. The average Bonchev–Trinajstić information content (AvgIpc) is 2.31. The standard InChI is InChI=1S/C11H5Cl2N3O2/c12-7-1-8(11(17)18)10(9(13)2-7)16-5-6(3-14)4-15/h1-2,5,16H,(H,17,18). The Balaban J connectivity index is 3.26. The molecule has 18 heavy (non-hydrogen) atoms. The lowest BCUT2D eigenvalue weighted by Gasteiger charge is -2.08. The van der Waals surface area contributed by atoms with E-state index in [9.17, 15) is 4.79 Å². The van der Waals surface area contributed by atoms with E-state index in [0.717, 1.165) is 6.20 Å². The fourth-order valence-corrected chi connectivity index (χ4v) is 1.67. The number of halogens is 2. The molecular formula is C11H5Cl2N3O2. The lowest BCUT2D eigenvalue weighted by atomic mass is 10.1. The maximum Gasteiger partial charge on any atom is 0.337 e. The summed E-state index contributed by atoms with van der Waals surface area (Å²) in [5.74, 6) is -1.23. The molecule has 0 unspecified atom stereocenters. The van der Waals surface area contributed by atoms with Crippen molar-refractivity contribution in [3.63, 3.8) is 0 Å². The molecule has 0 spiro atoms. The van der Waals surface area contributed by atoms with Crippen LogP contribution in [-0.2, 0) is 0 Å². The average molecular weight is 282 g/mol. The third-order valence-corrected chi connectivity index (χ3v) is 2.40. The number of nitrogens with one attached hydrogen (secondary N) is 1. The van der Waals surface area contributed by atoms with Gasteiger partial charge in [-0.15, -0.1) is 0 Å². The minimum atomic E-state index is -1.23. The number of carboxylic acid groups (broad SMARTS) is 1. The van der Waals surface area contributed by atoms with Crippen molar-refractivity contribution in [2.75, 3.05) is 5.32 Å². The molecule has 1 aromatic carbocycles. The van der Waals surface area contributed by atoms with Crippen molar-refractivity contribution in [2.24, 2.45) is 0 Å². The van der Waals surface area contributed by atoms with Crippen LogP contribution in [0.25, 0.3) is 0 Å². The van der Waals surface area contributed by atoms with E-state index in [1.165, 1.54) is 12.1 Å². The predicted octanol–water partition coefficient (Wildman–Crippen LogP) is 3.03. The van der Waals surface area contributed by atoms with Gasteiger partial charge in [-0.2, -0.15) is 10.5 Å². The maximum absolute atomic E-state index is 11.0. The molecule has 0 fully saturated rings. The Bertz CT molecular complexity index is 596. The van der Waals surface area contributed by atoms with Gasteiger partial charge in [-0.3, -0.25) is 0 Å². The van der Waals surface area contributed by atoms with Crippen LogP contribution < -0.4 is 5.32 Å². The predicted molar refractivity (Wildman–Crippen MR) is 66.4 cm³/mol. The highest BCUT2D eigenvalue weighted by Crippen LogP contribution is 2.30. The molecule has 0 aliphatic carbocycles. The number of anilines is 1. The highest BCUT2D eigenvalue weighted by molar-refractivity contribution is 6.37. The first-order chi connectivity index (χ1) is 8.49. The zero-order valence-electron chi connectivity index (χ0n) is 8.74. The van der Waals surface area contributed by atoms with Crippen molar-refractivity contribution in [1.82, 2.24) is 0 Å². The lowest BCUT2D eigenvalue weighted by molar-refractivity contribution is 0.0698. The normalized spacial score (nSPS) is 8.89. The molecule has 0 saturated carbocycles. The third kappa shape index (κ3) is 3.14. The largest absolute Gasteiger partial charge is 0.478 e. The molecule has 0 bridgehead atoms. The van der Waals surface area contributed by atoms with E-state index in [1.54, 1.807) is 12.1 Å². The van der Waals surface area contributed by atoms with Crippen molar-refractivity contribution in [3.8, 4) is 12.1 Å². The number of rotatable bonds is 3. The van der Waals surface area contributed by atoms with Gasteiger partial charge in [0.15, 0.2) is 0 Å². The maximum atomic E-state index is 11.0. The quantitative estimate of drug-likeness (QED) is 0.830. The Labute approximate surface area is 112 Å². The summed E-state index contributed by atoms with van der Waals surface area (Å²) in [6.07, 6.45) is 1.07. The van der Waals surface area contributed by atoms with Crippen LogP contribution in [0.4, 0.5) is 5.69 Å². The first-order valence-electron chi connectivity index (χ1n) is 4.48. The van der Waals surface area contributed by atoms with Gasteiger partial charge < -0.3 is 10.4 Å². The molecule has 7 heteroatoms. The van der Waals surface area contributed by atoms with Crippen LogP contribution in [0.3, 0.4) is 0 Å². The van der Waals surface area contributed by atoms with Crippen LogP contribution in [0, 0.1) is 22.7 Å². The van der Waals surface area contributed by atoms with E-state index < -0.39 is 5.97 Å². The number of allylic oxidation sites excluding steroid dienone is 1. The van der Waals surface area contributed by atoms with Gasteiger partial charge in [-0.05, 0) is 12.1 Å². The Kier molecular flexibility index (Phi) is 4.56. The topological polar surface area (TPSA) is 96.9 Å². The number of hydrogen-bond donors (Lipinski definition) is 2. The fraction of sp³-hybridized carbons (Fsp3) is 0. The minimum Gasteiger partial charge on any atom is -0.478 e.